The lowest BCUT2D eigenvalue weighted by atomic mass is 10.2. The van der Waals surface area contributed by atoms with E-state index >= 15 is 0 Å². The molecule has 2 aromatic carbocycles. The summed E-state index contributed by atoms with van der Waals surface area (Å²) in [6.45, 7) is 2.00. The number of amides is 1. The summed E-state index contributed by atoms with van der Waals surface area (Å²) in [5.74, 6) is 0.488. The van der Waals surface area contributed by atoms with E-state index in [0.29, 0.717) is 35.9 Å². The van der Waals surface area contributed by atoms with Crippen LogP contribution in [0.15, 0.2) is 53.7 Å². The van der Waals surface area contributed by atoms with Crippen molar-refractivity contribution in [1.29, 1.82) is 0 Å². The molecule has 6 nitrogen and oxygen atoms in total. The number of carbonyl (C=O) groups is 2. The molecular formula is C21H20FIN4O2S. The van der Waals surface area contributed by atoms with Gasteiger partial charge in [-0.15, -0.1) is 10.2 Å². The molecule has 0 fully saturated rings. The predicted octanol–water partition coefficient (Wildman–Crippen LogP) is 4.05. The number of nitrogens with zero attached hydrogens (tertiary/aromatic N) is 3. The number of carbonyl (C=O) groups excluding carboxylic acids is 2. The Balaban J connectivity index is 1.77. The molecule has 1 amide bonds. The number of aromatic nitrogens is 3. The fourth-order valence-electron chi connectivity index (χ4n) is 2.77. The third-order valence-corrected chi connectivity index (χ3v) is 5.88. The van der Waals surface area contributed by atoms with Crippen molar-refractivity contribution in [2.24, 2.45) is 0 Å². The summed E-state index contributed by atoms with van der Waals surface area (Å²) in [5.41, 5.74) is 1.37. The number of thioether (sulfide) groups is 1. The lowest BCUT2D eigenvalue weighted by molar-refractivity contribution is -0.118. The van der Waals surface area contributed by atoms with Crippen molar-refractivity contribution >= 4 is 46.0 Å². The minimum absolute atomic E-state index is 0.00253. The first-order valence-corrected chi connectivity index (χ1v) is 11.4. The van der Waals surface area contributed by atoms with Crippen LogP contribution in [0.3, 0.4) is 0 Å². The molecule has 3 rings (SSSR count). The Morgan fingerprint density at radius 3 is 2.47 bits per heavy atom. The third-order valence-electron chi connectivity index (χ3n) is 4.23. The second kappa shape index (κ2) is 10.7. The van der Waals surface area contributed by atoms with Crippen LogP contribution in [0, 0.1) is 9.39 Å². The van der Waals surface area contributed by atoms with Crippen LogP contribution in [0.2, 0.25) is 0 Å². The molecule has 0 atom stereocenters. The molecule has 156 valence electrons. The number of rotatable bonds is 9. The number of aryl methyl sites for hydroxylation is 1. The molecule has 0 saturated heterocycles. The SMILES string of the molecule is CC(=O)NCCCc1nnc(SCC(=O)c2ccc(I)cc2)n1-c1ccc(F)cc1. The zero-order chi connectivity index (χ0) is 21.5. The number of hydrogen-bond acceptors (Lipinski definition) is 5. The van der Waals surface area contributed by atoms with Gasteiger partial charge in [0, 0.05) is 34.7 Å². The smallest absolute Gasteiger partial charge is 0.216 e. The Hall–Kier alpha value is -2.27. The van der Waals surface area contributed by atoms with E-state index in [9.17, 15) is 14.0 Å². The van der Waals surface area contributed by atoms with Crippen LogP contribution in [0.25, 0.3) is 5.69 Å². The first kappa shape index (κ1) is 22.4. The first-order chi connectivity index (χ1) is 14.4. The summed E-state index contributed by atoms with van der Waals surface area (Å²) in [4.78, 5) is 23.6. The van der Waals surface area contributed by atoms with E-state index in [-0.39, 0.29) is 23.3 Å². The van der Waals surface area contributed by atoms with Crippen molar-refractivity contribution in [3.8, 4) is 5.69 Å². The maximum Gasteiger partial charge on any atom is 0.216 e. The minimum atomic E-state index is -0.331. The van der Waals surface area contributed by atoms with E-state index in [4.69, 9.17) is 0 Å². The van der Waals surface area contributed by atoms with E-state index in [0.717, 1.165) is 9.26 Å². The van der Waals surface area contributed by atoms with Crippen molar-refractivity contribution in [2.75, 3.05) is 12.3 Å². The average Bonchev–Trinajstić information content (AvgIpc) is 3.13. The predicted molar refractivity (Wildman–Crippen MR) is 123 cm³/mol. The summed E-state index contributed by atoms with van der Waals surface area (Å²) in [6.07, 6.45) is 1.27. The topological polar surface area (TPSA) is 76.9 Å². The van der Waals surface area contributed by atoms with Crippen LogP contribution in [0.4, 0.5) is 4.39 Å². The molecule has 0 spiro atoms. The maximum atomic E-state index is 13.4. The van der Waals surface area contributed by atoms with Crippen LogP contribution >= 0.6 is 34.4 Å². The van der Waals surface area contributed by atoms with Gasteiger partial charge >= 0.3 is 0 Å². The molecule has 0 bridgehead atoms. The normalized spacial score (nSPS) is 10.8. The van der Waals surface area contributed by atoms with Crippen LogP contribution in [-0.4, -0.2) is 38.8 Å². The third kappa shape index (κ3) is 6.11. The van der Waals surface area contributed by atoms with Gasteiger partial charge in [0.15, 0.2) is 10.9 Å². The average molecular weight is 538 g/mol. The van der Waals surface area contributed by atoms with Gasteiger partial charge in [0.1, 0.15) is 11.6 Å². The number of hydrogen-bond donors (Lipinski definition) is 1. The lowest BCUT2D eigenvalue weighted by Crippen LogP contribution is -2.21. The molecule has 0 aliphatic carbocycles. The van der Waals surface area contributed by atoms with Crippen molar-refractivity contribution in [3.05, 3.63) is 69.3 Å². The fourth-order valence-corrected chi connectivity index (χ4v) is 3.99. The van der Waals surface area contributed by atoms with Gasteiger partial charge in [-0.3, -0.25) is 14.2 Å². The second-order valence-corrected chi connectivity index (χ2v) is 8.70. The van der Waals surface area contributed by atoms with Crippen LogP contribution in [0.5, 0.6) is 0 Å². The molecule has 0 saturated carbocycles. The van der Waals surface area contributed by atoms with Crippen molar-refractivity contribution in [3.63, 3.8) is 0 Å². The Kier molecular flexibility index (Phi) is 7.97. The van der Waals surface area contributed by atoms with Gasteiger partial charge in [0.2, 0.25) is 5.91 Å². The molecule has 0 unspecified atom stereocenters. The largest absolute Gasteiger partial charge is 0.356 e. The summed E-state index contributed by atoms with van der Waals surface area (Å²) in [7, 11) is 0. The van der Waals surface area contributed by atoms with E-state index in [1.165, 1.54) is 30.8 Å². The highest BCUT2D eigenvalue weighted by atomic mass is 127. The highest BCUT2D eigenvalue weighted by molar-refractivity contribution is 14.1. The van der Waals surface area contributed by atoms with E-state index in [1.807, 2.05) is 28.8 Å². The number of ketones is 1. The molecule has 1 N–H and O–H groups in total. The quantitative estimate of drug-likeness (QED) is 0.193. The Morgan fingerprint density at radius 1 is 1.10 bits per heavy atom. The molecule has 0 aliphatic rings. The Labute approximate surface area is 191 Å². The number of halogens is 2. The highest BCUT2D eigenvalue weighted by Gasteiger charge is 2.16. The van der Waals surface area contributed by atoms with Gasteiger partial charge in [0.25, 0.3) is 0 Å². The standard InChI is InChI=1S/C21H20FIN4O2S/c1-14(28)24-12-2-3-20-25-26-21(27(20)18-10-6-16(22)7-11-18)30-13-19(29)15-4-8-17(23)9-5-15/h4-11H,2-3,12-13H2,1H3,(H,24,28). The Bertz CT molecular complexity index is 1020. The van der Waals surface area contributed by atoms with Gasteiger partial charge in [-0.1, -0.05) is 23.9 Å². The molecule has 9 heteroatoms. The zero-order valence-corrected chi connectivity index (χ0v) is 19.2. The van der Waals surface area contributed by atoms with Crippen molar-refractivity contribution in [1.82, 2.24) is 20.1 Å². The number of benzene rings is 2. The molecule has 1 heterocycles. The second-order valence-electron chi connectivity index (χ2n) is 6.52. The summed E-state index contributed by atoms with van der Waals surface area (Å²) >= 11 is 3.49. The maximum absolute atomic E-state index is 13.4. The number of Topliss-reactive ketones (excluding diaryl/α,β-unsaturated/α-hetero) is 1. The summed E-state index contributed by atoms with van der Waals surface area (Å²) in [6, 6.07) is 13.5. The van der Waals surface area contributed by atoms with Crippen molar-refractivity contribution < 1.29 is 14.0 Å². The molecular weight excluding hydrogens is 518 g/mol. The van der Waals surface area contributed by atoms with Gasteiger partial charge in [-0.25, -0.2) is 4.39 Å². The summed E-state index contributed by atoms with van der Waals surface area (Å²) in [5, 5.41) is 11.8. The molecule has 30 heavy (non-hydrogen) atoms. The van der Waals surface area contributed by atoms with Gasteiger partial charge in [-0.2, -0.15) is 0 Å². The van der Waals surface area contributed by atoms with Gasteiger partial charge < -0.3 is 5.32 Å². The van der Waals surface area contributed by atoms with Gasteiger partial charge in [0.05, 0.1) is 5.75 Å². The lowest BCUT2D eigenvalue weighted by Gasteiger charge is -2.10. The summed E-state index contributed by atoms with van der Waals surface area (Å²) < 4.78 is 16.3. The highest BCUT2D eigenvalue weighted by Crippen LogP contribution is 2.24. The molecule has 0 radical (unpaired) electrons. The minimum Gasteiger partial charge on any atom is -0.356 e. The van der Waals surface area contributed by atoms with E-state index < -0.39 is 0 Å². The number of nitrogens with one attached hydrogen (secondary N) is 1. The fraction of sp³-hybridized carbons (Fsp3) is 0.238. The van der Waals surface area contributed by atoms with E-state index in [1.54, 1.807) is 12.1 Å². The van der Waals surface area contributed by atoms with E-state index in [2.05, 4.69) is 38.1 Å². The molecule has 0 aliphatic heterocycles. The molecule has 3 aromatic rings. The Morgan fingerprint density at radius 2 is 1.80 bits per heavy atom. The first-order valence-electron chi connectivity index (χ1n) is 9.30. The zero-order valence-electron chi connectivity index (χ0n) is 16.3. The van der Waals surface area contributed by atoms with Crippen LogP contribution in [-0.2, 0) is 11.2 Å². The monoisotopic (exact) mass is 538 g/mol. The van der Waals surface area contributed by atoms with Crippen LogP contribution in [0.1, 0.15) is 29.5 Å². The van der Waals surface area contributed by atoms with Crippen LogP contribution < -0.4 is 5.32 Å². The molecule has 1 aromatic heterocycles. The van der Waals surface area contributed by atoms with Gasteiger partial charge in [-0.05, 0) is 65.4 Å². The van der Waals surface area contributed by atoms with Crippen molar-refractivity contribution in [2.45, 2.75) is 24.9 Å².